The van der Waals surface area contributed by atoms with Crippen molar-refractivity contribution >= 4 is 45.7 Å². The fourth-order valence-electron chi connectivity index (χ4n) is 4.00. The number of carbonyl (C=O) groups excluding carboxylic acids is 2. The van der Waals surface area contributed by atoms with Crippen molar-refractivity contribution in [3.05, 3.63) is 101 Å². The quantitative estimate of drug-likeness (QED) is 0.108. The summed E-state index contributed by atoms with van der Waals surface area (Å²) in [6.07, 6.45) is 3.15. The van der Waals surface area contributed by atoms with Crippen LogP contribution in [0.3, 0.4) is 0 Å². The number of ketones is 1. The molecular formula is C27H22N4O4S2. The van der Waals surface area contributed by atoms with Gasteiger partial charge in [0.2, 0.25) is 5.13 Å². The topological polar surface area (TPSA) is 106 Å². The molecule has 1 aliphatic rings. The Morgan fingerprint density at radius 1 is 1.03 bits per heavy atom. The normalized spacial score (nSPS) is 16.8. The second-order valence-corrected chi connectivity index (χ2v) is 10.2. The number of aromatic nitrogens is 3. The third-order valence-corrected chi connectivity index (χ3v) is 7.84. The molecule has 4 aromatic rings. The lowest BCUT2D eigenvalue weighted by molar-refractivity contribution is -0.132. The van der Waals surface area contributed by atoms with E-state index < -0.39 is 17.7 Å². The number of rotatable bonds is 8. The van der Waals surface area contributed by atoms with E-state index in [0.717, 1.165) is 5.56 Å². The molecule has 1 fully saturated rings. The summed E-state index contributed by atoms with van der Waals surface area (Å²) in [6, 6.07) is 19.2. The molecule has 1 N–H and O–H groups in total. The number of benzene rings is 2. The van der Waals surface area contributed by atoms with Gasteiger partial charge in [0, 0.05) is 23.7 Å². The predicted octanol–water partition coefficient (Wildman–Crippen LogP) is 5.25. The van der Waals surface area contributed by atoms with E-state index in [1.807, 2.05) is 37.3 Å². The lowest BCUT2D eigenvalue weighted by atomic mass is 9.96. The third kappa shape index (κ3) is 5.11. The molecule has 0 spiro atoms. The highest BCUT2D eigenvalue weighted by Crippen LogP contribution is 2.44. The van der Waals surface area contributed by atoms with Gasteiger partial charge in [-0.25, -0.2) is 0 Å². The number of hydrogen-bond donors (Lipinski definition) is 1. The second-order valence-electron chi connectivity index (χ2n) is 8.03. The molecule has 186 valence electrons. The number of aliphatic hydroxyl groups is 1. The fourth-order valence-corrected chi connectivity index (χ4v) is 5.82. The zero-order valence-corrected chi connectivity index (χ0v) is 21.4. The van der Waals surface area contributed by atoms with Gasteiger partial charge >= 0.3 is 5.91 Å². The first-order valence-electron chi connectivity index (χ1n) is 11.5. The van der Waals surface area contributed by atoms with Gasteiger partial charge in [-0.15, -0.1) is 10.2 Å². The van der Waals surface area contributed by atoms with E-state index in [2.05, 4.69) is 15.2 Å². The highest BCUT2D eigenvalue weighted by molar-refractivity contribution is 8.00. The summed E-state index contributed by atoms with van der Waals surface area (Å²) in [5.74, 6) is -0.500. The summed E-state index contributed by atoms with van der Waals surface area (Å²) < 4.78 is 6.14. The summed E-state index contributed by atoms with van der Waals surface area (Å²) >= 11 is 2.73. The molecule has 8 nitrogen and oxygen atoms in total. The van der Waals surface area contributed by atoms with Crippen LogP contribution in [0.25, 0.3) is 5.76 Å². The van der Waals surface area contributed by atoms with Crippen molar-refractivity contribution < 1.29 is 19.4 Å². The van der Waals surface area contributed by atoms with Gasteiger partial charge in [0.1, 0.15) is 11.5 Å². The molecule has 1 saturated heterocycles. The van der Waals surface area contributed by atoms with Gasteiger partial charge in [-0.2, -0.15) is 0 Å². The number of carbonyl (C=O) groups is 2. The largest absolute Gasteiger partial charge is 0.507 e. The molecule has 10 heteroatoms. The zero-order chi connectivity index (χ0) is 25.8. The maximum Gasteiger partial charge on any atom is 0.301 e. The van der Waals surface area contributed by atoms with E-state index in [0.29, 0.717) is 33.6 Å². The molecule has 37 heavy (non-hydrogen) atoms. The van der Waals surface area contributed by atoms with E-state index in [4.69, 9.17) is 4.74 Å². The molecule has 1 amide bonds. The number of anilines is 1. The van der Waals surface area contributed by atoms with Crippen LogP contribution in [0, 0.1) is 0 Å². The first-order valence-corrected chi connectivity index (χ1v) is 13.3. The Bertz CT molecular complexity index is 1440. The van der Waals surface area contributed by atoms with Gasteiger partial charge in [0.15, 0.2) is 4.34 Å². The Morgan fingerprint density at radius 3 is 2.46 bits per heavy atom. The second kappa shape index (κ2) is 10.9. The SMILES string of the molecule is CCOc1ccc(/C(O)=C2/C(=O)C(=O)N(c3nnc(SCc4ccccc4)s3)C2c2ccncc2)cc1. The maximum atomic E-state index is 13.3. The van der Waals surface area contributed by atoms with Gasteiger partial charge in [-0.3, -0.25) is 19.5 Å². The van der Waals surface area contributed by atoms with Crippen molar-refractivity contribution in [2.45, 2.75) is 23.1 Å². The van der Waals surface area contributed by atoms with Crippen LogP contribution in [0.5, 0.6) is 5.75 Å². The standard InChI is InChI=1S/C27H22N4O4S2/c1-2-35-20-10-8-19(9-11-20)23(32)21-22(18-12-14-28-15-13-18)31(25(34)24(21)33)26-29-30-27(37-26)36-16-17-6-4-3-5-7-17/h3-15,22,32H,2,16H2,1H3/b23-21-. The number of amides is 1. The summed E-state index contributed by atoms with van der Waals surface area (Å²) in [5.41, 5.74) is 2.14. The van der Waals surface area contributed by atoms with E-state index in [1.54, 1.807) is 48.8 Å². The molecule has 0 radical (unpaired) electrons. The van der Waals surface area contributed by atoms with Crippen LogP contribution in [0.2, 0.25) is 0 Å². The molecule has 1 atom stereocenters. The predicted molar refractivity (Wildman–Crippen MR) is 143 cm³/mol. The molecule has 5 rings (SSSR count). The Kier molecular flexibility index (Phi) is 7.29. The minimum atomic E-state index is -0.880. The van der Waals surface area contributed by atoms with Crippen molar-refractivity contribution in [1.29, 1.82) is 0 Å². The van der Waals surface area contributed by atoms with Crippen LogP contribution in [0.15, 0.2) is 89.0 Å². The molecule has 0 saturated carbocycles. The zero-order valence-electron chi connectivity index (χ0n) is 19.8. The average molecular weight is 531 g/mol. The molecule has 0 aliphatic carbocycles. The van der Waals surface area contributed by atoms with Crippen molar-refractivity contribution in [2.75, 3.05) is 11.5 Å². The maximum absolute atomic E-state index is 13.3. The van der Waals surface area contributed by atoms with Gasteiger partial charge in [-0.1, -0.05) is 53.4 Å². The Hall–Kier alpha value is -4.02. The van der Waals surface area contributed by atoms with Crippen molar-refractivity contribution in [3.63, 3.8) is 0 Å². The number of hydrogen-bond acceptors (Lipinski definition) is 9. The molecule has 3 heterocycles. The minimum absolute atomic E-state index is 0.0194. The Labute approximate surface area is 221 Å². The summed E-state index contributed by atoms with van der Waals surface area (Å²) in [6.45, 7) is 2.38. The first kappa shape index (κ1) is 24.7. The number of thioether (sulfide) groups is 1. The smallest absolute Gasteiger partial charge is 0.301 e. The molecular weight excluding hydrogens is 508 g/mol. The lowest BCUT2D eigenvalue weighted by Gasteiger charge is -2.22. The van der Waals surface area contributed by atoms with Crippen LogP contribution in [0.4, 0.5) is 5.13 Å². The van der Waals surface area contributed by atoms with Crippen molar-refractivity contribution in [2.24, 2.45) is 0 Å². The third-order valence-electron chi connectivity index (χ3n) is 5.71. The van der Waals surface area contributed by atoms with Gasteiger partial charge in [0.25, 0.3) is 5.78 Å². The fraction of sp³-hybridized carbons (Fsp3) is 0.148. The number of aliphatic hydroxyl groups excluding tert-OH is 1. The minimum Gasteiger partial charge on any atom is -0.507 e. The van der Waals surface area contributed by atoms with E-state index in [9.17, 15) is 14.7 Å². The molecule has 2 aromatic carbocycles. The van der Waals surface area contributed by atoms with Crippen LogP contribution in [0.1, 0.15) is 29.7 Å². The molecule has 1 unspecified atom stereocenters. The number of Topliss-reactive ketones (excluding diaryl/α,β-unsaturated/α-hetero) is 1. The highest BCUT2D eigenvalue weighted by atomic mass is 32.2. The van der Waals surface area contributed by atoms with E-state index in [1.165, 1.54) is 28.0 Å². The van der Waals surface area contributed by atoms with Crippen LogP contribution in [-0.4, -0.2) is 38.6 Å². The monoisotopic (exact) mass is 530 g/mol. The molecule has 2 aromatic heterocycles. The summed E-state index contributed by atoms with van der Waals surface area (Å²) in [4.78, 5) is 31.9. The number of nitrogens with zero attached hydrogens (tertiary/aromatic N) is 4. The van der Waals surface area contributed by atoms with Crippen molar-refractivity contribution in [3.8, 4) is 5.75 Å². The summed E-state index contributed by atoms with van der Waals surface area (Å²) in [5, 5.41) is 20.0. The number of pyridine rings is 1. The molecule has 0 bridgehead atoms. The molecule has 1 aliphatic heterocycles. The Morgan fingerprint density at radius 2 is 1.76 bits per heavy atom. The van der Waals surface area contributed by atoms with Gasteiger partial charge in [-0.05, 0) is 54.4 Å². The van der Waals surface area contributed by atoms with Gasteiger partial charge < -0.3 is 9.84 Å². The lowest BCUT2D eigenvalue weighted by Crippen LogP contribution is -2.29. The van der Waals surface area contributed by atoms with Crippen LogP contribution in [-0.2, 0) is 15.3 Å². The highest BCUT2D eigenvalue weighted by Gasteiger charge is 2.48. The first-order chi connectivity index (χ1) is 18.1. The van der Waals surface area contributed by atoms with Gasteiger partial charge in [0.05, 0.1) is 18.2 Å². The Balaban J connectivity index is 1.51. The van der Waals surface area contributed by atoms with E-state index in [-0.39, 0.29) is 16.5 Å². The number of ether oxygens (including phenoxy) is 1. The average Bonchev–Trinajstić information content (AvgIpc) is 3.51. The summed E-state index contributed by atoms with van der Waals surface area (Å²) in [7, 11) is 0. The van der Waals surface area contributed by atoms with Crippen molar-refractivity contribution in [1.82, 2.24) is 15.2 Å². The van der Waals surface area contributed by atoms with E-state index >= 15 is 0 Å². The van der Waals surface area contributed by atoms with Crippen LogP contribution < -0.4 is 9.64 Å². The van der Waals surface area contributed by atoms with Crippen LogP contribution >= 0.6 is 23.1 Å².